The van der Waals surface area contributed by atoms with Crippen molar-refractivity contribution in [2.45, 2.75) is 38.1 Å². The first kappa shape index (κ1) is 11.9. The second-order valence-corrected chi connectivity index (χ2v) is 6.00. The predicted octanol–water partition coefficient (Wildman–Crippen LogP) is 2.69. The van der Waals surface area contributed by atoms with Crippen LogP contribution in [0.4, 0.5) is 5.95 Å². The minimum Gasteiger partial charge on any atom is -0.339 e. The van der Waals surface area contributed by atoms with Gasteiger partial charge in [0.25, 0.3) is 5.56 Å². The van der Waals surface area contributed by atoms with Crippen LogP contribution in [0.5, 0.6) is 0 Å². The lowest BCUT2D eigenvalue weighted by molar-refractivity contribution is 0.341. The molecule has 1 aliphatic carbocycles. The number of benzene rings is 1. The molecule has 0 radical (unpaired) electrons. The van der Waals surface area contributed by atoms with E-state index in [0.29, 0.717) is 11.4 Å². The Hall–Kier alpha value is -1.84. The minimum atomic E-state index is -0.0233. The van der Waals surface area contributed by atoms with Gasteiger partial charge in [-0.1, -0.05) is 25.0 Å². The molecule has 4 heteroatoms. The molecule has 2 atom stereocenters. The maximum absolute atomic E-state index is 12.2. The van der Waals surface area contributed by atoms with Crippen LogP contribution in [0.2, 0.25) is 0 Å². The van der Waals surface area contributed by atoms with Crippen molar-refractivity contribution in [1.82, 2.24) is 9.97 Å². The van der Waals surface area contributed by atoms with Crippen LogP contribution in [0.3, 0.4) is 0 Å². The van der Waals surface area contributed by atoms with Gasteiger partial charge in [-0.25, -0.2) is 4.98 Å². The number of H-pyrrole nitrogens is 1. The zero-order chi connectivity index (χ0) is 13.5. The van der Waals surface area contributed by atoms with Crippen LogP contribution in [0.25, 0.3) is 10.9 Å². The zero-order valence-electron chi connectivity index (χ0n) is 11.5. The Morgan fingerprint density at radius 3 is 2.95 bits per heavy atom. The van der Waals surface area contributed by atoms with Gasteiger partial charge in [-0.2, -0.15) is 0 Å². The molecule has 2 fully saturated rings. The maximum atomic E-state index is 12.2. The fraction of sp³-hybridized carbons (Fsp3) is 0.500. The van der Waals surface area contributed by atoms with Gasteiger partial charge in [0.05, 0.1) is 10.9 Å². The molecule has 2 heterocycles. The van der Waals surface area contributed by atoms with Gasteiger partial charge in [-0.15, -0.1) is 0 Å². The van der Waals surface area contributed by atoms with Crippen molar-refractivity contribution < 1.29 is 0 Å². The molecule has 1 aromatic carbocycles. The first-order valence-electron chi connectivity index (χ1n) is 7.58. The van der Waals surface area contributed by atoms with Crippen LogP contribution in [-0.4, -0.2) is 22.6 Å². The lowest BCUT2D eigenvalue weighted by Gasteiger charge is -2.31. The van der Waals surface area contributed by atoms with Crippen LogP contribution < -0.4 is 10.5 Å². The van der Waals surface area contributed by atoms with E-state index in [-0.39, 0.29) is 5.56 Å². The second kappa shape index (κ2) is 4.62. The molecule has 1 saturated heterocycles. The van der Waals surface area contributed by atoms with E-state index in [1.807, 2.05) is 24.3 Å². The number of para-hydroxylation sites is 1. The molecular formula is C16H19N3O. The normalized spacial score (nSPS) is 25.9. The number of fused-ring (bicyclic) bond motifs is 2. The molecule has 4 nitrogen and oxygen atoms in total. The van der Waals surface area contributed by atoms with Crippen LogP contribution in [0.15, 0.2) is 29.1 Å². The number of nitrogens with zero attached hydrogens (tertiary/aromatic N) is 2. The molecule has 1 aliphatic heterocycles. The summed E-state index contributed by atoms with van der Waals surface area (Å²) in [6.07, 6.45) is 6.47. The summed E-state index contributed by atoms with van der Waals surface area (Å²) < 4.78 is 0. The minimum absolute atomic E-state index is 0.0233. The summed E-state index contributed by atoms with van der Waals surface area (Å²) in [4.78, 5) is 22.2. The quantitative estimate of drug-likeness (QED) is 0.866. The van der Waals surface area contributed by atoms with Crippen molar-refractivity contribution in [1.29, 1.82) is 0 Å². The topological polar surface area (TPSA) is 49.0 Å². The number of aromatic nitrogens is 2. The highest BCUT2D eigenvalue weighted by Crippen LogP contribution is 2.37. The average Bonchev–Trinajstić information content (AvgIpc) is 2.91. The second-order valence-electron chi connectivity index (χ2n) is 6.00. The summed E-state index contributed by atoms with van der Waals surface area (Å²) in [7, 11) is 0. The monoisotopic (exact) mass is 269 g/mol. The van der Waals surface area contributed by atoms with E-state index in [1.54, 1.807) is 0 Å². The molecule has 0 bridgehead atoms. The Balaban J connectivity index is 1.77. The number of hydrogen-bond donors (Lipinski definition) is 1. The lowest BCUT2D eigenvalue weighted by atomic mass is 9.85. The Labute approximate surface area is 117 Å². The number of rotatable bonds is 1. The zero-order valence-corrected chi connectivity index (χ0v) is 11.5. The molecule has 4 rings (SSSR count). The fourth-order valence-corrected chi connectivity index (χ4v) is 3.88. The summed E-state index contributed by atoms with van der Waals surface area (Å²) in [6, 6.07) is 8.15. The number of hydrogen-bond acceptors (Lipinski definition) is 3. The first-order valence-corrected chi connectivity index (χ1v) is 7.58. The largest absolute Gasteiger partial charge is 0.339 e. The van der Waals surface area contributed by atoms with Crippen LogP contribution in [0.1, 0.15) is 32.1 Å². The smallest absolute Gasteiger partial charge is 0.260 e. The van der Waals surface area contributed by atoms with E-state index in [2.05, 4.69) is 14.9 Å². The molecule has 1 aromatic heterocycles. The van der Waals surface area contributed by atoms with Gasteiger partial charge < -0.3 is 4.90 Å². The van der Waals surface area contributed by atoms with Crippen molar-refractivity contribution in [3.05, 3.63) is 34.6 Å². The van der Waals surface area contributed by atoms with Crippen LogP contribution in [-0.2, 0) is 0 Å². The molecule has 2 aliphatic rings. The average molecular weight is 269 g/mol. The maximum Gasteiger partial charge on any atom is 0.260 e. The summed E-state index contributed by atoms with van der Waals surface area (Å²) in [5, 5.41) is 0.677. The van der Waals surface area contributed by atoms with E-state index in [9.17, 15) is 4.79 Å². The molecular weight excluding hydrogens is 250 g/mol. The molecule has 0 spiro atoms. The van der Waals surface area contributed by atoms with Crippen molar-refractivity contribution in [3.63, 3.8) is 0 Å². The Morgan fingerprint density at radius 1 is 1.15 bits per heavy atom. The van der Waals surface area contributed by atoms with E-state index in [1.165, 1.54) is 32.1 Å². The Kier molecular flexibility index (Phi) is 2.76. The van der Waals surface area contributed by atoms with Crippen LogP contribution in [0, 0.1) is 5.92 Å². The lowest BCUT2D eigenvalue weighted by Crippen LogP contribution is -2.36. The van der Waals surface area contributed by atoms with E-state index < -0.39 is 0 Å². The Morgan fingerprint density at radius 2 is 2.00 bits per heavy atom. The van der Waals surface area contributed by atoms with Gasteiger partial charge in [-0.3, -0.25) is 9.78 Å². The molecule has 2 unspecified atom stereocenters. The summed E-state index contributed by atoms with van der Waals surface area (Å²) >= 11 is 0. The van der Waals surface area contributed by atoms with Gasteiger partial charge in [0, 0.05) is 12.6 Å². The fourth-order valence-electron chi connectivity index (χ4n) is 3.88. The SMILES string of the molecule is O=c1[nH]c(N2CCC3CCCCC32)nc2ccccc12. The molecule has 1 saturated carbocycles. The van der Waals surface area contributed by atoms with Crippen molar-refractivity contribution >= 4 is 16.9 Å². The third-order valence-corrected chi connectivity index (χ3v) is 4.88. The van der Waals surface area contributed by atoms with Gasteiger partial charge in [0.1, 0.15) is 0 Å². The van der Waals surface area contributed by atoms with Crippen molar-refractivity contribution in [2.75, 3.05) is 11.4 Å². The van der Waals surface area contributed by atoms with Crippen molar-refractivity contribution in [3.8, 4) is 0 Å². The van der Waals surface area contributed by atoms with E-state index in [4.69, 9.17) is 0 Å². The van der Waals surface area contributed by atoms with E-state index in [0.717, 1.165) is 23.9 Å². The highest BCUT2D eigenvalue weighted by atomic mass is 16.1. The summed E-state index contributed by atoms with van der Waals surface area (Å²) in [5.41, 5.74) is 0.773. The van der Waals surface area contributed by atoms with E-state index >= 15 is 0 Å². The van der Waals surface area contributed by atoms with Crippen molar-refractivity contribution in [2.24, 2.45) is 5.92 Å². The predicted molar refractivity (Wildman–Crippen MR) is 80.1 cm³/mol. The third kappa shape index (κ3) is 1.82. The van der Waals surface area contributed by atoms with Crippen LogP contribution >= 0.6 is 0 Å². The summed E-state index contributed by atoms with van der Waals surface area (Å²) in [6.45, 7) is 1.02. The first-order chi connectivity index (χ1) is 9.83. The van der Waals surface area contributed by atoms with Gasteiger partial charge in [0.2, 0.25) is 5.95 Å². The van der Waals surface area contributed by atoms with Gasteiger partial charge >= 0.3 is 0 Å². The number of anilines is 1. The van der Waals surface area contributed by atoms with Gasteiger partial charge in [0.15, 0.2) is 0 Å². The number of nitrogens with one attached hydrogen (secondary N) is 1. The highest BCUT2D eigenvalue weighted by Gasteiger charge is 2.36. The summed E-state index contributed by atoms with van der Waals surface area (Å²) in [5.74, 6) is 1.56. The third-order valence-electron chi connectivity index (χ3n) is 4.88. The molecule has 0 amide bonds. The highest BCUT2D eigenvalue weighted by molar-refractivity contribution is 5.78. The Bertz CT molecular complexity index is 693. The molecule has 20 heavy (non-hydrogen) atoms. The molecule has 2 aromatic rings. The standard InChI is InChI=1S/C16H19N3O/c20-15-12-6-2-3-7-13(12)17-16(18-15)19-10-9-11-5-1-4-8-14(11)19/h2-3,6-7,11,14H,1,4-5,8-10H2,(H,17,18,20). The molecule has 1 N–H and O–H groups in total. The number of aromatic amines is 1. The van der Waals surface area contributed by atoms with Gasteiger partial charge in [-0.05, 0) is 37.3 Å². The molecule has 104 valence electrons.